The average Bonchev–Trinajstić information content (AvgIpc) is 3.60. The van der Waals surface area contributed by atoms with E-state index in [2.05, 4.69) is 15.4 Å². The summed E-state index contributed by atoms with van der Waals surface area (Å²) < 4.78 is 40.8. The quantitative estimate of drug-likeness (QED) is 0.330. The van der Waals surface area contributed by atoms with Gasteiger partial charge in [0.25, 0.3) is 5.91 Å². The van der Waals surface area contributed by atoms with Gasteiger partial charge >= 0.3 is 0 Å². The minimum atomic E-state index is -3.62. The van der Waals surface area contributed by atoms with Crippen molar-refractivity contribution in [1.29, 1.82) is 0 Å². The number of thiazole rings is 1. The van der Waals surface area contributed by atoms with Gasteiger partial charge in [0.2, 0.25) is 21.9 Å². The monoisotopic (exact) mass is 541 g/mol. The van der Waals surface area contributed by atoms with E-state index in [0.29, 0.717) is 46.8 Å². The number of anilines is 1. The van der Waals surface area contributed by atoms with Gasteiger partial charge < -0.3 is 14.8 Å². The summed E-state index contributed by atoms with van der Waals surface area (Å²) in [5, 5.41) is 7.96. The number of hydrogen-bond acceptors (Lipinski definition) is 8. The topological polar surface area (TPSA) is 116 Å². The molecule has 0 atom stereocenters. The van der Waals surface area contributed by atoms with Crippen LogP contribution in [0.4, 0.5) is 5.82 Å². The molecule has 2 aromatic carbocycles. The standard InChI is InChI=1S/C25H27N5O5S2/c1-4-6-11-29(5-2)37(32,33)18-9-7-17(8-10-18)24(31)27-23-12-16(3)28-30(23)25-26-19-13-20-21(35-15-34-20)14-22(19)36-25/h7-10,12-14H,4-6,11,15H2,1-3H3,(H,27,31). The number of unbranched alkanes of at least 4 members (excludes halogenated alkanes) is 1. The molecule has 3 heterocycles. The molecule has 0 spiro atoms. The molecular weight excluding hydrogens is 514 g/mol. The Hall–Kier alpha value is -3.48. The average molecular weight is 542 g/mol. The van der Waals surface area contributed by atoms with Crippen molar-refractivity contribution < 1.29 is 22.7 Å². The lowest BCUT2D eigenvalue weighted by molar-refractivity contribution is 0.102. The van der Waals surface area contributed by atoms with Crippen LogP contribution < -0.4 is 14.8 Å². The van der Waals surface area contributed by atoms with Crippen molar-refractivity contribution in [2.24, 2.45) is 0 Å². The van der Waals surface area contributed by atoms with Gasteiger partial charge in [-0.1, -0.05) is 31.6 Å². The normalized spacial score (nSPS) is 13.0. The van der Waals surface area contributed by atoms with Crippen LogP contribution in [-0.2, 0) is 10.0 Å². The van der Waals surface area contributed by atoms with E-state index in [1.165, 1.54) is 39.9 Å². The summed E-state index contributed by atoms with van der Waals surface area (Å²) in [5.41, 5.74) is 1.78. The summed E-state index contributed by atoms with van der Waals surface area (Å²) in [5.74, 6) is 1.39. The molecule has 1 aliphatic heterocycles. The Morgan fingerprint density at radius 1 is 1.14 bits per heavy atom. The van der Waals surface area contributed by atoms with Crippen molar-refractivity contribution >= 4 is 43.3 Å². The molecule has 5 rings (SSSR count). The number of carbonyl (C=O) groups is 1. The second-order valence-electron chi connectivity index (χ2n) is 8.58. The lowest BCUT2D eigenvalue weighted by Gasteiger charge is -2.20. The third kappa shape index (κ3) is 4.91. The third-order valence-electron chi connectivity index (χ3n) is 5.99. The summed E-state index contributed by atoms with van der Waals surface area (Å²) in [6.07, 6.45) is 1.70. The molecule has 0 saturated carbocycles. The number of ether oxygens (including phenoxy) is 2. The first-order valence-electron chi connectivity index (χ1n) is 12.0. The summed E-state index contributed by atoms with van der Waals surface area (Å²) >= 11 is 1.41. The second-order valence-corrected chi connectivity index (χ2v) is 11.5. The highest BCUT2D eigenvalue weighted by Gasteiger charge is 2.23. The van der Waals surface area contributed by atoms with Crippen LogP contribution in [0.3, 0.4) is 0 Å². The number of nitrogens with one attached hydrogen (secondary N) is 1. The first-order chi connectivity index (χ1) is 17.8. The number of fused-ring (bicyclic) bond motifs is 2. The molecular formula is C25H27N5O5S2. The fraction of sp³-hybridized carbons (Fsp3) is 0.320. The van der Waals surface area contributed by atoms with Crippen molar-refractivity contribution in [1.82, 2.24) is 19.1 Å². The Labute approximate surface area is 218 Å². The fourth-order valence-corrected chi connectivity index (χ4v) is 6.46. The molecule has 37 heavy (non-hydrogen) atoms. The van der Waals surface area contributed by atoms with Gasteiger partial charge in [0, 0.05) is 36.9 Å². The molecule has 0 radical (unpaired) electrons. The summed E-state index contributed by atoms with van der Waals surface area (Å²) in [4.78, 5) is 17.9. The number of aryl methyl sites for hydroxylation is 1. The maximum atomic E-state index is 13.0. The maximum Gasteiger partial charge on any atom is 0.256 e. The van der Waals surface area contributed by atoms with Crippen molar-refractivity contribution in [2.45, 2.75) is 38.5 Å². The smallest absolute Gasteiger partial charge is 0.256 e. The van der Waals surface area contributed by atoms with E-state index in [9.17, 15) is 13.2 Å². The van der Waals surface area contributed by atoms with Gasteiger partial charge in [0.15, 0.2) is 11.5 Å². The van der Waals surface area contributed by atoms with Crippen LogP contribution in [0.25, 0.3) is 15.3 Å². The van der Waals surface area contributed by atoms with Gasteiger partial charge in [0.05, 0.1) is 20.8 Å². The first kappa shape index (κ1) is 25.2. The zero-order valence-corrected chi connectivity index (χ0v) is 22.4. The van der Waals surface area contributed by atoms with Gasteiger partial charge in [0.1, 0.15) is 5.82 Å². The minimum absolute atomic E-state index is 0.164. The highest BCUT2D eigenvalue weighted by molar-refractivity contribution is 7.89. The van der Waals surface area contributed by atoms with E-state index in [-0.39, 0.29) is 17.6 Å². The van der Waals surface area contributed by atoms with Gasteiger partial charge in [-0.3, -0.25) is 4.79 Å². The molecule has 0 fully saturated rings. The fourth-order valence-electron chi connectivity index (χ4n) is 4.03. The Morgan fingerprint density at radius 2 is 1.86 bits per heavy atom. The van der Waals surface area contributed by atoms with Crippen molar-refractivity contribution in [3.8, 4) is 16.6 Å². The number of hydrogen-bond donors (Lipinski definition) is 1. The first-order valence-corrected chi connectivity index (χ1v) is 14.2. The van der Waals surface area contributed by atoms with E-state index in [1.807, 2.05) is 32.9 Å². The number of sulfonamides is 1. The van der Waals surface area contributed by atoms with Gasteiger partial charge in [-0.15, -0.1) is 0 Å². The largest absolute Gasteiger partial charge is 0.454 e. The highest BCUT2D eigenvalue weighted by Crippen LogP contribution is 2.39. The predicted octanol–water partition coefficient (Wildman–Crippen LogP) is 4.58. The van der Waals surface area contributed by atoms with Crippen LogP contribution in [0, 0.1) is 6.92 Å². The molecule has 0 aliphatic carbocycles. The Morgan fingerprint density at radius 3 is 2.57 bits per heavy atom. The predicted molar refractivity (Wildman–Crippen MR) is 141 cm³/mol. The molecule has 0 unspecified atom stereocenters. The SMILES string of the molecule is CCCCN(CC)S(=O)(=O)c1ccc(C(=O)Nc2cc(C)nn2-c2nc3cc4c(cc3s2)OCO4)cc1. The van der Waals surface area contributed by atoms with Crippen LogP contribution in [-0.4, -0.2) is 53.3 Å². The van der Waals surface area contributed by atoms with Crippen LogP contribution >= 0.6 is 11.3 Å². The zero-order chi connectivity index (χ0) is 26.2. The second kappa shape index (κ2) is 10.1. The number of benzene rings is 2. The molecule has 12 heteroatoms. The van der Waals surface area contributed by atoms with Crippen LogP contribution in [0.1, 0.15) is 42.7 Å². The van der Waals surface area contributed by atoms with E-state index in [4.69, 9.17) is 9.47 Å². The lowest BCUT2D eigenvalue weighted by atomic mass is 10.2. The van der Waals surface area contributed by atoms with E-state index in [0.717, 1.165) is 23.1 Å². The Balaban J connectivity index is 1.37. The van der Waals surface area contributed by atoms with E-state index >= 15 is 0 Å². The minimum Gasteiger partial charge on any atom is -0.454 e. The molecule has 1 N–H and O–H groups in total. The zero-order valence-electron chi connectivity index (χ0n) is 20.7. The van der Waals surface area contributed by atoms with E-state index in [1.54, 1.807) is 10.7 Å². The summed E-state index contributed by atoms with van der Waals surface area (Å²) in [6, 6.07) is 11.4. The Kier molecular flexibility index (Phi) is 6.88. The Bertz CT molecular complexity index is 1520. The molecule has 4 aromatic rings. The molecule has 1 amide bonds. The number of aromatic nitrogens is 3. The summed E-state index contributed by atoms with van der Waals surface area (Å²) in [6.45, 7) is 6.72. The molecule has 2 aromatic heterocycles. The number of amides is 1. The summed E-state index contributed by atoms with van der Waals surface area (Å²) in [7, 11) is -3.62. The van der Waals surface area contributed by atoms with Gasteiger partial charge in [-0.2, -0.15) is 14.1 Å². The molecule has 10 nitrogen and oxygen atoms in total. The van der Waals surface area contributed by atoms with E-state index < -0.39 is 10.0 Å². The molecule has 0 saturated heterocycles. The number of carbonyl (C=O) groups excluding carboxylic acids is 1. The lowest BCUT2D eigenvalue weighted by Crippen LogP contribution is -2.31. The van der Waals surface area contributed by atoms with Gasteiger partial charge in [-0.25, -0.2) is 13.4 Å². The van der Waals surface area contributed by atoms with Gasteiger partial charge in [-0.05, 0) is 37.6 Å². The molecule has 194 valence electrons. The van der Waals surface area contributed by atoms with Crippen LogP contribution in [0.15, 0.2) is 47.4 Å². The van der Waals surface area contributed by atoms with Crippen molar-refractivity contribution in [2.75, 3.05) is 25.2 Å². The molecule has 0 bridgehead atoms. The van der Waals surface area contributed by atoms with Crippen molar-refractivity contribution in [3.05, 3.63) is 53.7 Å². The molecule has 1 aliphatic rings. The number of nitrogens with zero attached hydrogens (tertiary/aromatic N) is 4. The number of rotatable bonds is 9. The van der Waals surface area contributed by atoms with Crippen molar-refractivity contribution in [3.63, 3.8) is 0 Å². The third-order valence-corrected chi connectivity index (χ3v) is 8.98. The van der Waals surface area contributed by atoms with Crippen LogP contribution in [0.2, 0.25) is 0 Å². The van der Waals surface area contributed by atoms with Crippen LogP contribution in [0.5, 0.6) is 11.5 Å². The highest BCUT2D eigenvalue weighted by atomic mass is 32.2. The maximum absolute atomic E-state index is 13.0.